The van der Waals surface area contributed by atoms with Gasteiger partial charge in [-0.15, -0.1) is 0 Å². The van der Waals surface area contributed by atoms with Crippen LogP contribution >= 0.6 is 0 Å². The summed E-state index contributed by atoms with van der Waals surface area (Å²) < 4.78 is 15.5. The second kappa shape index (κ2) is 5.41. The van der Waals surface area contributed by atoms with Crippen LogP contribution in [0.25, 0.3) is 0 Å². The van der Waals surface area contributed by atoms with Gasteiger partial charge in [0.15, 0.2) is 11.5 Å². The molecule has 5 nitrogen and oxygen atoms in total. The number of aldehydes is 1. The highest BCUT2D eigenvalue weighted by Gasteiger charge is 2.29. The summed E-state index contributed by atoms with van der Waals surface area (Å²) in [6.07, 6.45) is 0.591. The first-order valence-electron chi connectivity index (χ1n) is 5.24. The van der Waals surface area contributed by atoms with Crippen LogP contribution < -0.4 is 14.2 Å². The van der Waals surface area contributed by atoms with Crippen LogP contribution in [-0.4, -0.2) is 27.6 Å². The van der Waals surface area contributed by atoms with E-state index in [1.54, 1.807) is 12.1 Å². The zero-order valence-corrected chi connectivity index (χ0v) is 10.8. The highest BCUT2D eigenvalue weighted by atomic mass is 16.5. The minimum atomic E-state index is -1.24. The van der Waals surface area contributed by atoms with Crippen molar-refractivity contribution in [3.8, 4) is 23.3 Å². The Kier molecular flexibility index (Phi) is 4.16. The van der Waals surface area contributed by atoms with Gasteiger partial charge in [-0.3, -0.25) is 0 Å². The van der Waals surface area contributed by atoms with Gasteiger partial charge in [0.05, 0.1) is 27.4 Å². The molecule has 96 valence electrons. The molecule has 0 radical (unpaired) electrons. The normalized spacial score (nSPS) is 13.1. The molecule has 0 aromatic heterocycles. The number of hydrogen-bond acceptors (Lipinski definition) is 5. The summed E-state index contributed by atoms with van der Waals surface area (Å²) in [5.41, 5.74) is -0.748. The molecular formula is C13H15NO4. The van der Waals surface area contributed by atoms with Crippen molar-refractivity contribution in [2.45, 2.75) is 12.3 Å². The van der Waals surface area contributed by atoms with Crippen LogP contribution in [-0.2, 0) is 10.2 Å². The predicted octanol–water partition coefficient (Wildman–Crippen LogP) is 1.69. The number of methoxy groups -OCH3 is 3. The maximum absolute atomic E-state index is 11.1. The van der Waals surface area contributed by atoms with Gasteiger partial charge < -0.3 is 19.0 Å². The molecule has 0 aliphatic rings. The monoisotopic (exact) mass is 249 g/mol. The molecule has 1 unspecified atom stereocenters. The first-order chi connectivity index (χ1) is 8.56. The standard InChI is InChI=1S/C13H15NO4/c1-13(7-14,8-15)9-5-10(16-2)12(18-4)11(6-9)17-3/h5-6,8H,1-4H3. The summed E-state index contributed by atoms with van der Waals surface area (Å²) in [7, 11) is 4.45. The van der Waals surface area contributed by atoms with Crippen molar-refractivity contribution in [1.82, 2.24) is 0 Å². The lowest BCUT2D eigenvalue weighted by atomic mass is 9.85. The topological polar surface area (TPSA) is 68.5 Å². The highest BCUT2D eigenvalue weighted by molar-refractivity contribution is 5.74. The summed E-state index contributed by atoms with van der Waals surface area (Å²) in [6.45, 7) is 1.53. The van der Waals surface area contributed by atoms with Gasteiger partial charge in [-0.05, 0) is 24.6 Å². The molecule has 5 heteroatoms. The maximum Gasteiger partial charge on any atom is 0.203 e. The fraction of sp³-hybridized carbons (Fsp3) is 0.385. The molecule has 0 amide bonds. The summed E-state index contributed by atoms with van der Waals surface area (Å²) in [4.78, 5) is 11.1. The van der Waals surface area contributed by atoms with Crippen LogP contribution in [0.3, 0.4) is 0 Å². The fourth-order valence-corrected chi connectivity index (χ4v) is 1.54. The minimum Gasteiger partial charge on any atom is -0.493 e. The Morgan fingerprint density at radius 3 is 1.94 bits per heavy atom. The third kappa shape index (κ3) is 2.23. The largest absolute Gasteiger partial charge is 0.493 e. The van der Waals surface area contributed by atoms with E-state index in [4.69, 9.17) is 19.5 Å². The molecular weight excluding hydrogens is 234 g/mol. The Morgan fingerprint density at radius 2 is 1.67 bits per heavy atom. The number of nitrogens with zero attached hydrogens (tertiary/aromatic N) is 1. The van der Waals surface area contributed by atoms with Gasteiger partial charge in [0, 0.05) is 0 Å². The van der Waals surface area contributed by atoms with Crippen molar-refractivity contribution in [3.05, 3.63) is 17.7 Å². The van der Waals surface area contributed by atoms with E-state index in [0.717, 1.165) is 0 Å². The van der Waals surface area contributed by atoms with Crippen molar-refractivity contribution >= 4 is 6.29 Å². The molecule has 0 N–H and O–H groups in total. The molecule has 1 aromatic rings. The van der Waals surface area contributed by atoms with Crippen LogP contribution in [0.5, 0.6) is 17.2 Å². The molecule has 0 aliphatic heterocycles. The van der Waals surface area contributed by atoms with Crippen molar-refractivity contribution in [3.63, 3.8) is 0 Å². The van der Waals surface area contributed by atoms with Gasteiger partial charge in [0.25, 0.3) is 0 Å². The lowest BCUT2D eigenvalue weighted by Gasteiger charge is -2.19. The molecule has 0 saturated heterocycles. The Balaban J connectivity index is 3.50. The molecule has 0 saturated carbocycles. The van der Waals surface area contributed by atoms with Crippen LogP contribution in [0, 0.1) is 11.3 Å². The zero-order valence-electron chi connectivity index (χ0n) is 10.8. The van der Waals surface area contributed by atoms with Crippen molar-refractivity contribution in [2.75, 3.05) is 21.3 Å². The van der Waals surface area contributed by atoms with E-state index < -0.39 is 5.41 Å². The molecule has 0 spiro atoms. The number of carbonyl (C=O) groups is 1. The second-order valence-electron chi connectivity index (χ2n) is 3.85. The van der Waals surface area contributed by atoms with E-state index in [9.17, 15) is 4.79 Å². The van der Waals surface area contributed by atoms with Crippen LogP contribution in [0.15, 0.2) is 12.1 Å². The number of rotatable bonds is 5. The first-order valence-corrected chi connectivity index (χ1v) is 5.24. The second-order valence-corrected chi connectivity index (χ2v) is 3.85. The molecule has 0 bridgehead atoms. The van der Waals surface area contributed by atoms with E-state index in [1.165, 1.54) is 28.3 Å². The summed E-state index contributed by atoms with van der Waals surface area (Å²) in [6, 6.07) is 5.16. The minimum absolute atomic E-state index is 0.412. The summed E-state index contributed by atoms with van der Waals surface area (Å²) in [5.74, 6) is 1.25. The molecule has 18 heavy (non-hydrogen) atoms. The number of ether oxygens (including phenoxy) is 3. The quantitative estimate of drug-likeness (QED) is 0.743. The molecule has 1 rings (SSSR count). The molecule has 0 heterocycles. The SMILES string of the molecule is COc1cc(C(C)(C#N)C=O)cc(OC)c1OC. The Bertz CT molecular complexity index is 467. The highest BCUT2D eigenvalue weighted by Crippen LogP contribution is 2.40. The Labute approximate surface area is 106 Å². The van der Waals surface area contributed by atoms with Crippen LogP contribution in [0.1, 0.15) is 12.5 Å². The van der Waals surface area contributed by atoms with Gasteiger partial charge >= 0.3 is 0 Å². The number of benzene rings is 1. The molecule has 0 aliphatic carbocycles. The van der Waals surface area contributed by atoms with Gasteiger partial charge in [0.2, 0.25) is 5.75 Å². The third-order valence-corrected chi connectivity index (χ3v) is 2.73. The van der Waals surface area contributed by atoms with Gasteiger partial charge in [-0.25, -0.2) is 0 Å². The summed E-state index contributed by atoms with van der Waals surface area (Å²) >= 11 is 0. The Morgan fingerprint density at radius 1 is 1.17 bits per heavy atom. The Hall–Kier alpha value is -2.22. The first kappa shape index (κ1) is 13.8. The van der Waals surface area contributed by atoms with E-state index in [2.05, 4.69) is 0 Å². The summed E-state index contributed by atoms with van der Waals surface area (Å²) in [5, 5.41) is 9.10. The number of nitriles is 1. The van der Waals surface area contributed by atoms with Crippen LogP contribution in [0.4, 0.5) is 0 Å². The van der Waals surface area contributed by atoms with Crippen molar-refractivity contribution in [2.24, 2.45) is 0 Å². The van der Waals surface area contributed by atoms with Crippen molar-refractivity contribution < 1.29 is 19.0 Å². The number of carbonyl (C=O) groups excluding carboxylic acids is 1. The fourth-order valence-electron chi connectivity index (χ4n) is 1.54. The predicted molar refractivity (Wildman–Crippen MR) is 65.1 cm³/mol. The zero-order chi connectivity index (χ0) is 13.8. The van der Waals surface area contributed by atoms with E-state index in [0.29, 0.717) is 29.1 Å². The van der Waals surface area contributed by atoms with E-state index in [1.807, 2.05) is 6.07 Å². The molecule has 1 aromatic carbocycles. The smallest absolute Gasteiger partial charge is 0.203 e. The average molecular weight is 249 g/mol. The van der Waals surface area contributed by atoms with E-state index in [-0.39, 0.29) is 0 Å². The average Bonchev–Trinajstić information content (AvgIpc) is 2.44. The van der Waals surface area contributed by atoms with Crippen LogP contribution in [0.2, 0.25) is 0 Å². The van der Waals surface area contributed by atoms with Gasteiger partial charge in [-0.1, -0.05) is 0 Å². The van der Waals surface area contributed by atoms with Gasteiger partial charge in [0.1, 0.15) is 11.7 Å². The van der Waals surface area contributed by atoms with Gasteiger partial charge in [-0.2, -0.15) is 5.26 Å². The van der Waals surface area contributed by atoms with E-state index >= 15 is 0 Å². The lowest BCUT2D eigenvalue weighted by Crippen LogP contribution is -2.21. The molecule has 1 atom stereocenters. The number of hydrogen-bond donors (Lipinski definition) is 0. The van der Waals surface area contributed by atoms with Crippen molar-refractivity contribution in [1.29, 1.82) is 5.26 Å². The lowest BCUT2D eigenvalue weighted by molar-refractivity contribution is -0.110. The maximum atomic E-state index is 11.1. The third-order valence-electron chi connectivity index (χ3n) is 2.73. The molecule has 0 fully saturated rings.